The van der Waals surface area contributed by atoms with Gasteiger partial charge in [0.2, 0.25) is 0 Å². The van der Waals surface area contributed by atoms with Crippen molar-refractivity contribution in [1.82, 2.24) is 9.80 Å². The molecule has 2 saturated heterocycles. The van der Waals surface area contributed by atoms with Crippen molar-refractivity contribution in [2.75, 3.05) is 27.2 Å². The van der Waals surface area contributed by atoms with E-state index in [0.29, 0.717) is 17.8 Å². The minimum absolute atomic E-state index is 0.386. The lowest BCUT2D eigenvalue weighted by Crippen LogP contribution is -2.52. The van der Waals surface area contributed by atoms with Gasteiger partial charge < -0.3 is 10.0 Å². The SMILES string of the molecule is CN1CC[C@H]2[C@@H](CC[C@H](c3cccc(O)c3)N2C)C1. The highest BCUT2D eigenvalue weighted by Gasteiger charge is 2.38. The van der Waals surface area contributed by atoms with Crippen molar-refractivity contribution in [2.24, 2.45) is 5.92 Å². The Labute approximate surface area is 115 Å². The predicted octanol–water partition coefficient (Wildman–Crippen LogP) is 2.48. The Balaban J connectivity index is 1.79. The van der Waals surface area contributed by atoms with Gasteiger partial charge in [-0.25, -0.2) is 0 Å². The van der Waals surface area contributed by atoms with Gasteiger partial charge in [-0.15, -0.1) is 0 Å². The molecule has 3 rings (SSSR count). The van der Waals surface area contributed by atoms with E-state index in [1.165, 1.54) is 37.9 Å². The molecular weight excluding hydrogens is 236 g/mol. The van der Waals surface area contributed by atoms with Gasteiger partial charge in [-0.05, 0) is 63.5 Å². The molecule has 0 aliphatic carbocycles. The fourth-order valence-corrected chi connectivity index (χ4v) is 3.96. The summed E-state index contributed by atoms with van der Waals surface area (Å²) in [6.07, 6.45) is 3.78. The first-order valence-electron chi connectivity index (χ1n) is 7.34. The van der Waals surface area contributed by atoms with Crippen LogP contribution in [0.4, 0.5) is 0 Å². The van der Waals surface area contributed by atoms with Gasteiger partial charge >= 0.3 is 0 Å². The minimum atomic E-state index is 0.386. The van der Waals surface area contributed by atoms with Gasteiger partial charge in [-0.1, -0.05) is 12.1 Å². The summed E-state index contributed by atoms with van der Waals surface area (Å²) in [5, 5.41) is 9.67. The van der Waals surface area contributed by atoms with Gasteiger partial charge in [0.15, 0.2) is 0 Å². The summed E-state index contributed by atoms with van der Waals surface area (Å²) in [6, 6.07) is 8.96. The molecule has 0 amide bonds. The molecule has 2 heterocycles. The zero-order valence-corrected chi connectivity index (χ0v) is 11.9. The molecule has 1 aromatic rings. The highest BCUT2D eigenvalue weighted by molar-refractivity contribution is 5.30. The van der Waals surface area contributed by atoms with Crippen molar-refractivity contribution >= 4 is 0 Å². The van der Waals surface area contributed by atoms with Crippen molar-refractivity contribution in [3.8, 4) is 5.75 Å². The zero-order chi connectivity index (χ0) is 13.4. The number of aromatic hydroxyl groups is 1. The topological polar surface area (TPSA) is 26.7 Å². The van der Waals surface area contributed by atoms with Crippen LogP contribution >= 0.6 is 0 Å². The monoisotopic (exact) mass is 260 g/mol. The predicted molar refractivity (Wildman–Crippen MR) is 77.2 cm³/mol. The van der Waals surface area contributed by atoms with Crippen LogP contribution in [0.3, 0.4) is 0 Å². The highest BCUT2D eigenvalue weighted by atomic mass is 16.3. The molecule has 0 spiro atoms. The number of likely N-dealkylation sites (tertiary alicyclic amines) is 2. The first-order valence-corrected chi connectivity index (χ1v) is 7.34. The number of phenols is 1. The van der Waals surface area contributed by atoms with Crippen molar-refractivity contribution < 1.29 is 5.11 Å². The third kappa shape index (κ3) is 2.49. The van der Waals surface area contributed by atoms with Gasteiger partial charge in [0.05, 0.1) is 0 Å². The summed E-state index contributed by atoms with van der Waals surface area (Å²) in [7, 11) is 4.49. The van der Waals surface area contributed by atoms with E-state index in [1.54, 1.807) is 6.07 Å². The van der Waals surface area contributed by atoms with Crippen LogP contribution in [0.1, 0.15) is 30.9 Å². The van der Waals surface area contributed by atoms with Crippen LogP contribution in [0.5, 0.6) is 5.75 Å². The van der Waals surface area contributed by atoms with Gasteiger partial charge in [0.1, 0.15) is 5.75 Å². The van der Waals surface area contributed by atoms with E-state index in [0.717, 1.165) is 5.92 Å². The van der Waals surface area contributed by atoms with Gasteiger partial charge in [0.25, 0.3) is 0 Å². The average molecular weight is 260 g/mol. The average Bonchev–Trinajstić information content (AvgIpc) is 2.39. The van der Waals surface area contributed by atoms with E-state index in [-0.39, 0.29) is 0 Å². The molecule has 104 valence electrons. The van der Waals surface area contributed by atoms with Crippen molar-refractivity contribution in [2.45, 2.75) is 31.3 Å². The van der Waals surface area contributed by atoms with Crippen LogP contribution in [0.15, 0.2) is 24.3 Å². The molecule has 3 nitrogen and oxygen atoms in total. The maximum Gasteiger partial charge on any atom is 0.115 e. The van der Waals surface area contributed by atoms with Crippen LogP contribution < -0.4 is 0 Å². The van der Waals surface area contributed by atoms with Gasteiger partial charge in [-0.3, -0.25) is 4.90 Å². The van der Waals surface area contributed by atoms with E-state index in [4.69, 9.17) is 0 Å². The number of rotatable bonds is 1. The number of piperidine rings is 2. The van der Waals surface area contributed by atoms with E-state index in [1.807, 2.05) is 12.1 Å². The van der Waals surface area contributed by atoms with Gasteiger partial charge in [0, 0.05) is 18.6 Å². The fourth-order valence-electron chi connectivity index (χ4n) is 3.96. The Morgan fingerprint density at radius 1 is 1.16 bits per heavy atom. The lowest BCUT2D eigenvalue weighted by Gasteiger charge is -2.49. The molecule has 0 unspecified atom stereocenters. The molecule has 3 heteroatoms. The van der Waals surface area contributed by atoms with E-state index < -0.39 is 0 Å². The molecule has 0 aromatic heterocycles. The second kappa shape index (κ2) is 5.14. The van der Waals surface area contributed by atoms with Crippen molar-refractivity contribution in [3.63, 3.8) is 0 Å². The lowest BCUT2D eigenvalue weighted by molar-refractivity contribution is 0.0119. The molecule has 3 atom stereocenters. The highest BCUT2D eigenvalue weighted by Crippen LogP contribution is 2.39. The number of nitrogens with zero attached hydrogens (tertiary/aromatic N) is 2. The normalized spacial score (nSPS) is 33.1. The number of fused-ring (bicyclic) bond motifs is 1. The molecule has 0 bridgehead atoms. The Morgan fingerprint density at radius 3 is 2.79 bits per heavy atom. The van der Waals surface area contributed by atoms with E-state index in [2.05, 4.69) is 30.0 Å². The van der Waals surface area contributed by atoms with Crippen LogP contribution in [0, 0.1) is 5.92 Å². The van der Waals surface area contributed by atoms with Gasteiger partial charge in [-0.2, -0.15) is 0 Å². The smallest absolute Gasteiger partial charge is 0.115 e. The molecular formula is C16H24N2O. The summed E-state index contributed by atoms with van der Waals surface area (Å²) in [5.74, 6) is 1.20. The van der Waals surface area contributed by atoms with Crippen LogP contribution in [0.2, 0.25) is 0 Å². The Bertz CT molecular complexity index is 448. The molecule has 2 aliphatic heterocycles. The van der Waals surface area contributed by atoms with Crippen LogP contribution in [-0.2, 0) is 0 Å². The molecule has 0 radical (unpaired) electrons. The Kier molecular flexibility index (Phi) is 3.50. The third-order valence-corrected chi connectivity index (χ3v) is 4.98. The number of benzene rings is 1. The summed E-state index contributed by atoms with van der Waals surface area (Å²) in [6.45, 7) is 2.44. The summed E-state index contributed by atoms with van der Waals surface area (Å²) < 4.78 is 0. The Hall–Kier alpha value is -1.06. The standard InChI is InChI=1S/C16H24N2O/c1-17-9-8-16-13(11-17)6-7-15(18(16)2)12-4-3-5-14(19)10-12/h3-5,10,13,15-16,19H,6-9,11H2,1-2H3/t13-,15+,16-/m0/s1. The first kappa shape index (κ1) is 12.9. The van der Waals surface area contributed by atoms with Crippen molar-refractivity contribution in [3.05, 3.63) is 29.8 Å². The van der Waals surface area contributed by atoms with E-state index >= 15 is 0 Å². The molecule has 1 aromatic carbocycles. The quantitative estimate of drug-likeness (QED) is 0.840. The number of hydrogen-bond donors (Lipinski definition) is 1. The van der Waals surface area contributed by atoms with E-state index in [9.17, 15) is 5.11 Å². The molecule has 2 aliphatic rings. The fraction of sp³-hybridized carbons (Fsp3) is 0.625. The Morgan fingerprint density at radius 2 is 2.00 bits per heavy atom. The largest absolute Gasteiger partial charge is 0.508 e. The lowest BCUT2D eigenvalue weighted by atomic mass is 9.80. The maximum absolute atomic E-state index is 9.67. The van der Waals surface area contributed by atoms with Crippen LogP contribution in [0.25, 0.3) is 0 Å². The molecule has 19 heavy (non-hydrogen) atoms. The summed E-state index contributed by atoms with van der Waals surface area (Å²) in [5.41, 5.74) is 1.26. The molecule has 1 N–H and O–H groups in total. The number of phenolic OH excluding ortho intramolecular Hbond substituents is 1. The van der Waals surface area contributed by atoms with Crippen LogP contribution in [-0.4, -0.2) is 48.1 Å². The second-order valence-corrected chi connectivity index (χ2v) is 6.23. The maximum atomic E-state index is 9.67. The van der Waals surface area contributed by atoms with Crippen molar-refractivity contribution in [1.29, 1.82) is 0 Å². The molecule has 2 fully saturated rings. The zero-order valence-electron chi connectivity index (χ0n) is 11.9. The summed E-state index contributed by atoms with van der Waals surface area (Å²) in [4.78, 5) is 5.01. The third-order valence-electron chi connectivity index (χ3n) is 4.98. The second-order valence-electron chi connectivity index (χ2n) is 6.23. The number of hydrogen-bond acceptors (Lipinski definition) is 3. The molecule has 0 saturated carbocycles. The summed E-state index contributed by atoms with van der Waals surface area (Å²) >= 11 is 0. The minimum Gasteiger partial charge on any atom is -0.508 e. The first-order chi connectivity index (χ1) is 9.15.